The van der Waals surface area contributed by atoms with Crippen LogP contribution in [0.4, 0.5) is 10.1 Å². The Bertz CT molecular complexity index is 937. The standard InChI is InChI=1S/C19H22FN5O2/c1-13-10-16(14-4-3-5-15(20)19(14)21-13)25-8-6-24(7-9-25)11-18-22-17(12-26-2)23-27-18/h3-5,10H,6-9,11-12H2,1-2H3. The lowest BCUT2D eigenvalue weighted by atomic mass is 10.1. The molecule has 4 rings (SSSR count). The van der Waals surface area contributed by atoms with Crippen molar-refractivity contribution < 1.29 is 13.7 Å². The van der Waals surface area contributed by atoms with Gasteiger partial charge in [-0.3, -0.25) is 4.90 Å². The number of para-hydroxylation sites is 1. The van der Waals surface area contributed by atoms with Crippen molar-refractivity contribution in [3.63, 3.8) is 0 Å². The number of hydrogen-bond donors (Lipinski definition) is 0. The monoisotopic (exact) mass is 371 g/mol. The highest BCUT2D eigenvalue weighted by Gasteiger charge is 2.21. The van der Waals surface area contributed by atoms with E-state index in [1.54, 1.807) is 13.2 Å². The van der Waals surface area contributed by atoms with Crippen LogP contribution >= 0.6 is 0 Å². The molecule has 0 N–H and O–H groups in total. The normalized spacial score (nSPS) is 15.6. The zero-order chi connectivity index (χ0) is 18.8. The number of pyridine rings is 1. The van der Waals surface area contributed by atoms with Gasteiger partial charge in [-0.15, -0.1) is 0 Å². The molecule has 0 radical (unpaired) electrons. The third-order valence-electron chi connectivity index (χ3n) is 4.75. The zero-order valence-corrected chi connectivity index (χ0v) is 15.5. The summed E-state index contributed by atoms with van der Waals surface area (Å²) in [6, 6.07) is 7.16. The first-order chi connectivity index (χ1) is 13.1. The number of benzene rings is 1. The lowest BCUT2D eigenvalue weighted by Gasteiger charge is -2.36. The van der Waals surface area contributed by atoms with E-state index in [2.05, 4.69) is 24.9 Å². The first-order valence-electron chi connectivity index (χ1n) is 8.97. The van der Waals surface area contributed by atoms with Crippen LogP contribution in [0.2, 0.25) is 0 Å². The van der Waals surface area contributed by atoms with E-state index in [-0.39, 0.29) is 5.82 Å². The van der Waals surface area contributed by atoms with Crippen molar-refractivity contribution in [3.05, 3.63) is 47.5 Å². The Morgan fingerprint density at radius 3 is 2.78 bits per heavy atom. The van der Waals surface area contributed by atoms with Gasteiger partial charge in [0.05, 0.1) is 6.54 Å². The summed E-state index contributed by atoms with van der Waals surface area (Å²) in [6.45, 7) is 6.28. The summed E-state index contributed by atoms with van der Waals surface area (Å²) >= 11 is 0. The van der Waals surface area contributed by atoms with E-state index in [1.165, 1.54) is 6.07 Å². The van der Waals surface area contributed by atoms with E-state index >= 15 is 0 Å². The lowest BCUT2D eigenvalue weighted by Crippen LogP contribution is -2.46. The molecule has 3 aromatic rings. The number of methoxy groups -OCH3 is 1. The van der Waals surface area contributed by atoms with Crippen LogP contribution in [0.5, 0.6) is 0 Å². The summed E-state index contributed by atoms with van der Waals surface area (Å²) in [6.07, 6.45) is 0. The zero-order valence-electron chi connectivity index (χ0n) is 15.5. The topological polar surface area (TPSA) is 67.5 Å². The summed E-state index contributed by atoms with van der Waals surface area (Å²) < 4.78 is 24.4. The predicted octanol–water partition coefficient (Wildman–Crippen LogP) is 2.53. The maximum absolute atomic E-state index is 14.2. The summed E-state index contributed by atoms with van der Waals surface area (Å²) in [5.74, 6) is 0.883. The molecule has 7 nitrogen and oxygen atoms in total. The van der Waals surface area contributed by atoms with Crippen LogP contribution in [-0.4, -0.2) is 53.3 Å². The van der Waals surface area contributed by atoms with Crippen molar-refractivity contribution in [1.29, 1.82) is 0 Å². The van der Waals surface area contributed by atoms with E-state index < -0.39 is 0 Å². The minimum Gasteiger partial charge on any atom is -0.377 e. The van der Waals surface area contributed by atoms with E-state index in [4.69, 9.17) is 9.26 Å². The first-order valence-corrected chi connectivity index (χ1v) is 8.97. The molecule has 27 heavy (non-hydrogen) atoms. The Hall–Kier alpha value is -2.58. The fourth-order valence-electron chi connectivity index (χ4n) is 3.46. The van der Waals surface area contributed by atoms with Gasteiger partial charge < -0.3 is 14.2 Å². The Morgan fingerprint density at radius 2 is 2.00 bits per heavy atom. The number of aryl methyl sites for hydroxylation is 1. The molecule has 0 unspecified atom stereocenters. The molecule has 8 heteroatoms. The molecular weight excluding hydrogens is 349 g/mol. The number of piperazine rings is 1. The third-order valence-corrected chi connectivity index (χ3v) is 4.75. The molecule has 1 aliphatic rings. The Balaban J connectivity index is 1.46. The second-order valence-electron chi connectivity index (χ2n) is 6.72. The van der Waals surface area contributed by atoms with Crippen LogP contribution in [0.1, 0.15) is 17.4 Å². The van der Waals surface area contributed by atoms with Gasteiger partial charge in [0, 0.05) is 50.1 Å². The molecule has 0 aliphatic carbocycles. The Morgan fingerprint density at radius 1 is 1.19 bits per heavy atom. The van der Waals surface area contributed by atoms with Crippen molar-refractivity contribution >= 4 is 16.6 Å². The number of hydrogen-bond acceptors (Lipinski definition) is 7. The molecule has 0 amide bonds. The van der Waals surface area contributed by atoms with Gasteiger partial charge in [0.15, 0.2) is 5.82 Å². The van der Waals surface area contributed by atoms with Gasteiger partial charge in [-0.25, -0.2) is 9.37 Å². The minimum absolute atomic E-state index is 0.278. The molecule has 1 saturated heterocycles. The van der Waals surface area contributed by atoms with Crippen molar-refractivity contribution in [3.8, 4) is 0 Å². The average Bonchev–Trinajstić information content (AvgIpc) is 3.10. The van der Waals surface area contributed by atoms with Crippen LogP contribution in [0.25, 0.3) is 10.9 Å². The van der Waals surface area contributed by atoms with E-state index in [9.17, 15) is 4.39 Å². The molecule has 2 aromatic heterocycles. The molecular formula is C19H22FN5O2. The highest BCUT2D eigenvalue weighted by Crippen LogP contribution is 2.29. The van der Waals surface area contributed by atoms with Crippen molar-refractivity contribution in [2.45, 2.75) is 20.1 Å². The van der Waals surface area contributed by atoms with Crippen molar-refractivity contribution in [2.24, 2.45) is 0 Å². The number of rotatable bonds is 5. The largest absolute Gasteiger partial charge is 0.377 e. The second-order valence-corrected chi connectivity index (χ2v) is 6.72. The van der Waals surface area contributed by atoms with Crippen LogP contribution in [0, 0.1) is 12.7 Å². The van der Waals surface area contributed by atoms with Gasteiger partial charge in [0.25, 0.3) is 0 Å². The molecule has 1 aliphatic heterocycles. The van der Waals surface area contributed by atoms with E-state index in [0.717, 1.165) is 42.9 Å². The third kappa shape index (κ3) is 3.77. The van der Waals surface area contributed by atoms with E-state index in [1.807, 2.05) is 19.1 Å². The predicted molar refractivity (Wildman–Crippen MR) is 98.9 cm³/mol. The SMILES string of the molecule is COCc1noc(CN2CCN(c3cc(C)nc4c(F)cccc34)CC2)n1. The highest BCUT2D eigenvalue weighted by molar-refractivity contribution is 5.92. The van der Waals surface area contributed by atoms with Gasteiger partial charge in [0.1, 0.15) is 17.9 Å². The van der Waals surface area contributed by atoms with Crippen LogP contribution in [0.15, 0.2) is 28.8 Å². The average molecular weight is 371 g/mol. The van der Waals surface area contributed by atoms with Gasteiger partial charge in [-0.1, -0.05) is 17.3 Å². The van der Waals surface area contributed by atoms with E-state index in [0.29, 0.717) is 30.4 Å². The molecule has 0 spiro atoms. The summed E-state index contributed by atoms with van der Waals surface area (Å²) in [7, 11) is 1.60. The first kappa shape index (κ1) is 17.8. The van der Waals surface area contributed by atoms with Gasteiger partial charge in [-0.05, 0) is 19.1 Å². The number of ether oxygens (including phenoxy) is 1. The summed E-state index contributed by atoms with van der Waals surface area (Å²) in [5.41, 5.74) is 2.30. The summed E-state index contributed by atoms with van der Waals surface area (Å²) in [4.78, 5) is 13.3. The maximum Gasteiger partial charge on any atom is 0.240 e. The number of aromatic nitrogens is 3. The molecule has 1 fully saturated rings. The quantitative estimate of drug-likeness (QED) is 0.683. The fraction of sp³-hybridized carbons (Fsp3) is 0.421. The van der Waals surface area contributed by atoms with Crippen LogP contribution in [-0.2, 0) is 17.9 Å². The van der Waals surface area contributed by atoms with Gasteiger partial charge >= 0.3 is 0 Å². The lowest BCUT2D eigenvalue weighted by molar-refractivity contribution is 0.174. The van der Waals surface area contributed by atoms with Crippen molar-refractivity contribution in [2.75, 3.05) is 38.2 Å². The number of anilines is 1. The molecule has 142 valence electrons. The number of fused-ring (bicyclic) bond motifs is 1. The second kappa shape index (κ2) is 7.58. The maximum atomic E-state index is 14.2. The van der Waals surface area contributed by atoms with Crippen molar-refractivity contribution in [1.82, 2.24) is 20.0 Å². The number of nitrogens with zero attached hydrogens (tertiary/aromatic N) is 5. The molecule has 0 saturated carbocycles. The fourth-order valence-corrected chi connectivity index (χ4v) is 3.46. The molecule has 0 bridgehead atoms. The van der Waals surface area contributed by atoms with Gasteiger partial charge in [-0.2, -0.15) is 4.98 Å². The highest BCUT2D eigenvalue weighted by atomic mass is 19.1. The molecule has 0 atom stereocenters. The molecule has 3 heterocycles. The smallest absolute Gasteiger partial charge is 0.240 e. The Kier molecular flexibility index (Phi) is 5.00. The van der Waals surface area contributed by atoms with Gasteiger partial charge in [0.2, 0.25) is 5.89 Å². The Labute approximate surface area is 156 Å². The van der Waals surface area contributed by atoms with Crippen LogP contribution in [0.3, 0.4) is 0 Å². The molecule has 1 aromatic carbocycles. The summed E-state index contributed by atoms with van der Waals surface area (Å²) in [5, 5.41) is 4.75. The number of halogens is 1. The minimum atomic E-state index is -0.278. The van der Waals surface area contributed by atoms with Crippen LogP contribution < -0.4 is 4.90 Å².